The van der Waals surface area contributed by atoms with Crippen molar-refractivity contribution in [3.63, 3.8) is 0 Å². The molecule has 3 aromatic rings. The van der Waals surface area contributed by atoms with E-state index in [1.54, 1.807) is 25.6 Å². The number of rotatable bonds is 5. The smallest absolute Gasteiger partial charge is 0.238 e. The molecule has 0 atom stereocenters. The molecule has 1 heterocycles. The third-order valence-electron chi connectivity index (χ3n) is 5.10. The Morgan fingerprint density at radius 3 is 2.32 bits per heavy atom. The SMILES string of the molecule is COc1cncc(NC(=O)CNC2c3ccccc3CCc3ccccc32)c1. The fraction of sp³-hybridized carbons (Fsp3) is 0.217. The van der Waals surface area contributed by atoms with E-state index in [9.17, 15) is 4.79 Å². The highest BCUT2D eigenvalue weighted by molar-refractivity contribution is 5.92. The van der Waals surface area contributed by atoms with Crippen molar-refractivity contribution < 1.29 is 9.53 Å². The van der Waals surface area contributed by atoms with E-state index < -0.39 is 0 Å². The maximum atomic E-state index is 12.5. The summed E-state index contributed by atoms with van der Waals surface area (Å²) in [7, 11) is 1.57. The van der Waals surface area contributed by atoms with Crippen molar-refractivity contribution in [2.75, 3.05) is 19.0 Å². The largest absolute Gasteiger partial charge is 0.495 e. The summed E-state index contributed by atoms with van der Waals surface area (Å²) in [6.07, 6.45) is 5.23. The molecule has 5 heteroatoms. The average Bonchev–Trinajstić information content (AvgIpc) is 2.89. The molecule has 0 radical (unpaired) electrons. The highest BCUT2D eigenvalue weighted by atomic mass is 16.5. The van der Waals surface area contributed by atoms with Gasteiger partial charge in [0.25, 0.3) is 0 Å². The van der Waals surface area contributed by atoms with Gasteiger partial charge < -0.3 is 10.1 Å². The number of amides is 1. The van der Waals surface area contributed by atoms with Gasteiger partial charge in [-0.1, -0.05) is 48.5 Å². The lowest BCUT2D eigenvalue weighted by Gasteiger charge is -2.21. The predicted molar refractivity (Wildman–Crippen MR) is 110 cm³/mol. The van der Waals surface area contributed by atoms with Gasteiger partial charge in [-0.05, 0) is 35.1 Å². The summed E-state index contributed by atoms with van der Waals surface area (Å²) < 4.78 is 5.15. The van der Waals surface area contributed by atoms with Crippen LogP contribution in [0.5, 0.6) is 5.75 Å². The van der Waals surface area contributed by atoms with E-state index in [1.807, 2.05) is 0 Å². The average molecular weight is 373 g/mol. The Hall–Kier alpha value is -3.18. The summed E-state index contributed by atoms with van der Waals surface area (Å²) >= 11 is 0. The first-order valence-corrected chi connectivity index (χ1v) is 9.42. The molecule has 28 heavy (non-hydrogen) atoms. The molecule has 0 unspecified atom stereocenters. The molecule has 2 N–H and O–H groups in total. The molecule has 0 saturated carbocycles. The number of pyridine rings is 1. The Morgan fingerprint density at radius 1 is 1.04 bits per heavy atom. The molecule has 1 amide bonds. The lowest BCUT2D eigenvalue weighted by molar-refractivity contribution is -0.115. The summed E-state index contributed by atoms with van der Waals surface area (Å²) in [5.41, 5.74) is 5.75. The summed E-state index contributed by atoms with van der Waals surface area (Å²) in [4.78, 5) is 16.6. The van der Waals surface area contributed by atoms with E-state index in [0.717, 1.165) is 12.8 Å². The lowest BCUT2D eigenvalue weighted by atomic mass is 9.94. The number of carbonyl (C=O) groups excluding carboxylic acids is 1. The van der Waals surface area contributed by atoms with Crippen molar-refractivity contribution in [2.24, 2.45) is 0 Å². The highest BCUT2D eigenvalue weighted by Gasteiger charge is 2.23. The number of fused-ring (bicyclic) bond motifs is 2. The number of hydrogen-bond donors (Lipinski definition) is 2. The maximum Gasteiger partial charge on any atom is 0.238 e. The van der Waals surface area contributed by atoms with Gasteiger partial charge in [-0.3, -0.25) is 15.1 Å². The van der Waals surface area contributed by atoms with Crippen molar-refractivity contribution >= 4 is 11.6 Å². The first-order valence-electron chi connectivity index (χ1n) is 9.42. The van der Waals surface area contributed by atoms with Gasteiger partial charge in [0.1, 0.15) is 5.75 Å². The van der Waals surface area contributed by atoms with Gasteiger partial charge >= 0.3 is 0 Å². The van der Waals surface area contributed by atoms with E-state index in [-0.39, 0.29) is 18.5 Å². The van der Waals surface area contributed by atoms with Gasteiger partial charge in [-0.2, -0.15) is 0 Å². The van der Waals surface area contributed by atoms with Crippen LogP contribution in [0.25, 0.3) is 0 Å². The molecule has 0 saturated heterocycles. The molecular formula is C23H23N3O2. The van der Waals surface area contributed by atoms with Crippen LogP contribution in [-0.4, -0.2) is 24.5 Å². The quantitative estimate of drug-likeness (QED) is 0.718. The number of benzene rings is 2. The van der Waals surface area contributed by atoms with Crippen molar-refractivity contribution in [1.82, 2.24) is 10.3 Å². The zero-order chi connectivity index (χ0) is 19.3. The van der Waals surface area contributed by atoms with E-state index in [0.29, 0.717) is 11.4 Å². The predicted octanol–water partition coefficient (Wildman–Crippen LogP) is 3.51. The fourth-order valence-corrected chi connectivity index (χ4v) is 3.74. The van der Waals surface area contributed by atoms with Crippen molar-refractivity contribution in [2.45, 2.75) is 18.9 Å². The number of aryl methyl sites for hydroxylation is 2. The van der Waals surface area contributed by atoms with Crippen LogP contribution in [0.4, 0.5) is 5.69 Å². The second kappa shape index (κ2) is 8.23. The molecule has 142 valence electrons. The van der Waals surface area contributed by atoms with Crippen molar-refractivity contribution in [3.05, 3.63) is 89.2 Å². The first kappa shape index (κ1) is 18.2. The minimum Gasteiger partial charge on any atom is -0.495 e. The monoisotopic (exact) mass is 373 g/mol. The van der Waals surface area contributed by atoms with Crippen LogP contribution in [0.2, 0.25) is 0 Å². The number of carbonyl (C=O) groups is 1. The number of methoxy groups -OCH3 is 1. The molecule has 1 aromatic heterocycles. The Bertz CT molecular complexity index is 939. The van der Waals surface area contributed by atoms with Crippen LogP contribution >= 0.6 is 0 Å². The minimum absolute atomic E-state index is 0.0101. The van der Waals surface area contributed by atoms with E-state index in [2.05, 4.69) is 64.1 Å². The molecular weight excluding hydrogens is 350 g/mol. The highest BCUT2D eigenvalue weighted by Crippen LogP contribution is 2.32. The summed E-state index contributed by atoms with van der Waals surface area (Å²) in [5.74, 6) is 0.492. The van der Waals surface area contributed by atoms with Gasteiger partial charge in [-0.15, -0.1) is 0 Å². The van der Waals surface area contributed by atoms with E-state index in [1.165, 1.54) is 22.3 Å². The second-order valence-corrected chi connectivity index (χ2v) is 6.87. The third kappa shape index (κ3) is 3.89. The van der Waals surface area contributed by atoms with Gasteiger partial charge in [0.15, 0.2) is 0 Å². The maximum absolute atomic E-state index is 12.5. The molecule has 5 nitrogen and oxygen atoms in total. The minimum atomic E-state index is -0.116. The standard InChI is InChI=1S/C23H23N3O2/c1-28-19-12-18(13-24-14-19)26-22(27)15-25-23-20-8-4-2-6-16(20)10-11-17-7-3-5-9-21(17)23/h2-9,12-14,23,25H,10-11,15H2,1H3,(H,26,27). The molecule has 0 spiro atoms. The lowest BCUT2D eigenvalue weighted by Crippen LogP contribution is -2.32. The number of ether oxygens (including phenoxy) is 1. The summed E-state index contributed by atoms with van der Waals surface area (Å²) in [6.45, 7) is 0.199. The Morgan fingerprint density at radius 2 is 1.68 bits per heavy atom. The Labute approximate surface area is 164 Å². The molecule has 1 aliphatic rings. The fourth-order valence-electron chi connectivity index (χ4n) is 3.74. The summed E-state index contributed by atoms with van der Waals surface area (Å²) in [5, 5.41) is 6.33. The van der Waals surface area contributed by atoms with Crippen LogP contribution in [0.1, 0.15) is 28.3 Å². The number of nitrogens with one attached hydrogen (secondary N) is 2. The molecule has 0 bridgehead atoms. The van der Waals surface area contributed by atoms with E-state index >= 15 is 0 Å². The third-order valence-corrected chi connectivity index (χ3v) is 5.10. The number of aromatic nitrogens is 1. The number of nitrogens with zero attached hydrogens (tertiary/aromatic N) is 1. The second-order valence-electron chi connectivity index (χ2n) is 6.87. The molecule has 1 aliphatic carbocycles. The van der Waals surface area contributed by atoms with Gasteiger partial charge in [0.05, 0.1) is 37.8 Å². The molecule has 4 rings (SSSR count). The zero-order valence-corrected chi connectivity index (χ0v) is 15.8. The van der Waals surface area contributed by atoms with Crippen LogP contribution in [-0.2, 0) is 17.6 Å². The Kier molecular flexibility index (Phi) is 5.35. The molecule has 0 fully saturated rings. The molecule has 0 aliphatic heterocycles. The van der Waals surface area contributed by atoms with Gasteiger partial charge in [0.2, 0.25) is 5.91 Å². The Balaban J connectivity index is 1.53. The van der Waals surface area contributed by atoms with Crippen LogP contribution in [0.15, 0.2) is 67.0 Å². The van der Waals surface area contributed by atoms with Gasteiger partial charge in [-0.25, -0.2) is 0 Å². The van der Waals surface area contributed by atoms with E-state index in [4.69, 9.17) is 4.74 Å². The number of anilines is 1. The molecule has 2 aromatic carbocycles. The number of hydrogen-bond acceptors (Lipinski definition) is 4. The first-order chi connectivity index (χ1) is 13.7. The van der Waals surface area contributed by atoms with Crippen molar-refractivity contribution in [1.29, 1.82) is 0 Å². The topological polar surface area (TPSA) is 63.2 Å². The van der Waals surface area contributed by atoms with Gasteiger partial charge in [0, 0.05) is 6.07 Å². The van der Waals surface area contributed by atoms with Crippen LogP contribution in [0.3, 0.4) is 0 Å². The van der Waals surface area contributed by atoms with Crippen LogP contribution < -0.4 is 15.4 Å². The summed E-state index contributed by atoms with van der Waals surface area (Å²) in [6, 6.07) is 18.7. The van der Waals surface area contributed by atoms with Crippen molar-refractivity contribution in [3.8, 4) is 5.75 Å². The zero-order valence-electron chi connectivity index (χ0n) is 15.8. The normalized spacial score (nSPS) is 13.2. The van der Waals surface area contributed by atoms with Crippen LogP contribution in [0, 0.1) is 0 Å².